The second kappa shape index (κ2) is 5.89. The summed E-state index contributed by atoms with van der Waals surface area (Å²) in [5.41, 5.74) is 1.70. The highest BCUT2D eigenvalue weighted by Crippen LogP contribution is 2.17. The Morgan fingerprint density at radius 2 is 2.11 bits per heavy atom. The van der Waals surface area contributed by atoms with Crippen LogP contribution in [0.1, 0.15) is 24.2 Å². The number of carbonyl (C=O) groups is 1. The van der Waals surface area contributed by atoms with Crippen LogP contribution in [0.15, 0.2) is 30.5 Å². The Balaban J connectivity index is 1.97. The molecule has 0 atom stereocenters. The van der Waals surface area contributed by atoms with Crippen molar-refractivity contribution < 1.29 is 4.79 Å². The minimum Gasteiger partial charge on any atom is -0.360 e. The van der Waals surface area contributed by atoms with Crippen LogP contribution in [-0.4, -0.2) is 42.0 Å². The summed E-state index contributed by atoms with van der Waals surface area (Å²) < 4.78 is 0. The van der Waals surface area contributed by atoms with Crippen molar-refractivity contribution >= 4 is 16.8 Å². The van der Waals surface area contributed by atoms with E-state index in [-0.39, 0.29) is 5.91 Å². The van der Waals surface area contributed by atoms with Gasteiger partial charge in [0.1, 0.15) is 0 Å². The van der Waals surface area contributed by atoms with E-state index in [4.69, 9.17) is 0 Å². The molecule has 0 spiro atoms. The first-order chi connectivity index (χ1) is 9.09. The molecule has 19 heavy (non-hydrogen) atoms. The average molecular weight is 259 g/mol. The van der Waals surface area contributed by atoms with Gasteiger partial charge in [-0.2, -0.15) is 0 Å². The third-order valence-corrected chi connectivity index (χ3v) is 3.47. The fourth-order valence-corrected chi connectivity index (χ4v) is 1.96. The first kappa shape index (κ1) is 13.6. The molecular weight excluding hydrogens is 238 g/mol. The molecule has 1 aromatic carbocycles. The molecule has 0 radical (unpaired) electrons. The minimum absolute atomic E-state index is 0.0189. The Kier molecular flexibility index (Phi) is 4.22. The van der Waals surface area contributed by atoms with Gasteiger partial charge in [-0.25, -0.2) is 0 Å². The topological polar surface area (TPSA) is 48.1 Å². The quantitative estimate of drug-likeness (QED) is 0.865. The van der Waals surface area contributed by atoms with Crippen LogP contribution in [-0.2, 0) is 0 Å². The van der Waals surface area contributed by atoms with Gasteiger partial charge < -0.3 is 15.2 Å². The number of H-pyrrole nitrogens is 1. The van der Waals surface area contributed by atoms with E-state index >= 15 is 0 Å². The van der Waals surface area contributed by atoms with Gasteiger partial charge in [0.25, 0.3) is 5.91 Å². The summed E-state index contributed by atoms with van der Waals surface area (Å²) in [5, 5.41) is 3.93. The molecule has 0 fully saturated rings. The van der Waals surface area contributed by atoms with E-state index < -0.39 is 0 Å². The first-order valence-corrected chi connectivity index (χ1v) is 6.64. The number of amides is 1. The summed E-state index contributed by atoms with van der Waals surface area (Å²) in [6, 6.07) is 8.32. The highest BCUT2D eigenvalue weighted by molar-refractivity contribution is 6.06. The zero-order valence-corrected chi connectivity index (χ0v) is 11.7. The van der Waals surface area contributed by atoms with Gasteiger partial charge >= 0.3 is 0 Å². The smallest absolute Gasteiger partial charge is 0.253 e. The summed E-state index contributed by atoms with van der Waals surface area (Å²) in [6.07, 6.45) is 1.77. The van der Waals surface area contributed by atoms with Crippen molar-refractivity contribution in [3.63, 3.8) is 0 Å². The van der Waals surface area contributed by atoms with E-state index in [1.54, 1.807) is 6.20 Å². The number of carbonyl (C=O) groups excluding carboxylic acids is 1. The molecule has 0 saturated heterocycles. The Bertz CT molecular complexity index is 559. The van der Waals surface area contributed by atoms with E-state index in [0.29, 0.717) is 18.2 Å². The molecule has 2 rings (SSSR count). The van der Waals surface area contributed by atoms with E-state index in [9.17, 15) is 4.79 Å². The summed E-state index contributed by atoms with van der Waals surface area (Å²) >= 11 is 0. The highest BCUT2D eigenvalue weighted by atomic mass is 16.1. The van der Waals surface area contributed by atoms with Gasteiger partial charge in [-0.05, 0) is 27.0 Å². The monoisotopic (exact) mass is 259 g/mol. The molecule has 2 aromatic rings. The molecule has 0 bridgehead atoms. The molecule has 4 nitrogen and oxygen atoms in total. The Hall–Kier alpha value is -1.81. The number of aromatic nitrogens is 1. The zero-order chi connectivity index (χ0) is 13.8. The molecule has 0 aliphatic heterocycles. The summed E-state index contributed by atoms with van der Waals surface area (Å²) in [4.78, 5) is 17.4. The Morgan fingerprint density at radius 1 is 1.37 bits per heavy atom. The van der Waals surface area contributed by atoms with Crippen molar-refractivity contribution in [2.75, 3.05) is 20.1 Å². The molecule has 0 unspecified atom stereocenters. The van der Waals surface area contributed by atoms with Gasteiger partial charge in [0.05, 0.1) is 5.56 Å². The lowest BCUT2D eigenvalue weighted by atomic mass is 10.1. The highest BCUT2D eigenvalue weighted by Gasteiger charge is 2.11. The van der Waals surface area contributed by atoms with Crippen molar-refractivity contribution in [2.45, 2.75) is 19.9 Å². The number of hydrogen-bond acceptors (Lipinski definition) is 2. The van der Waals surface area contributed by atoms with Crippen molar-refractivity contribution in [3.05, 3.63) is 36.0 Å². The number of aromatic amines is 1. The lowest BCUT2D eigenvalue weighted by Gasteiger charge is -2.20. The van der Waals surface area contributed by atoms with Crippen LogP contribution in [0.2, 0.25) is 0 Å². The van der Waals surface area contributed by atoms with Gasteiger partial charge in [-0.15, -0.1) is 0 Å². The molecule has 2 N–H and O–H groups in total. The largest absolute Gasteiger partial charge is 0.360 e. The molecule has 1 aromatic heterocycles. The van der Waals surface area contributed by atoms with Gasteiger partial charge in [-0.3, -0.25) is 4.79 Å². The second-order valence-corrected chi connectivity index (χ2v) is 5.08. The predicted octanol–water partition coefficient (Wildman–Crippen LogP) is 2.24. The van der Waals surface area contributed by atoms with Crippen molar-refractivity contribution in [3.8, 4) is 0 Å². The molecule has 1 heterocycles. The maximum Gasteiger partial charge on any atom is 0.253 e. The second-order valence-electron chi connectivity index (χ2n) is 5.08. The molecule has 102 valence electrons. The van der Waals surface area contributed by atoms with Crippen LogP contribution in [0.25, 0.3) is 10.9 Å². The fraction of sp³-hybridized carbons (Fsp3) is 0.400. The SMILES string of the molecule is CC(C)N(C)CCNC(=O)c1c[nH]c2ccccc12. The number of nitrogens with one attached hydrogen (secondary N) is 2. The average Bonchev–Trinajstić information content (AvgIpc) is 2.82. The van der Waals surface area contributed by atoms with Crippen molar-refractivity contribution in [1.82, 2.24) is 15.2 Å². The Labute approximate surface area is 113 Å². The number of para-hydroxylation sites is 1. The third-order valence-electron chi connectivity index (χ3n) is 3.47. The van der Waals surface area contributed by atoms with E-state index in [1.165, 1.54) is 0 Å². The molecule has 1 amide bonds. The van der Waals surface area contributed by atoms with E-state index in [0.717, 1.165) is 17.4 Å². The third kappa shape index (κ3) is 3.15. The van der Waals surface area contributed by atoms with Crippen molar-refractivity contribution in [1.29, 1.82) is 0 Å². The standard InChI is InChI=1S/C15H21N3O/c1-11(2)18(3)9-8-16-15(19)13-10-17-14-7-5-4-6-12(13)14/h4-7,10-11,17H,8-9H2,1-3H3,(H,16,19). The van der Waals surface area contributed by atoms with E-state index in [1.807, 2.05) is 24.3 Å². The van der Waals surface area contributed by atoms with Gasteiger partial charge in [0.15, 0.2) is 0 Å². The number of nitrogens with zero attached hydrogens (tertiary/aromatic N) is 1. The van der Waals surface area contributed by atoms with Gasteiger partial charge in [0.2, 0.25) is 0 Å². The first-order valence-electron chi connectivity index (χ1n) is 6.64. The number of rotatable bonds is 5. The molecule has 0 aliphatic rings. The molecular formula is C15H21N3O. The van der Waals surface area contributed by atoms with E-state index in [2.05, 4.69) is 36.1 Å². The van der Waals surface area contributed by atoms with Crippen molar-refractivity contribution in [2.24, 2.45) is 0 Å². The molecule has 0 aliphatic carbocycles. The zero-order valence-electron chi connectivity index (χ0n) is 11.7. The minimum atomic E-state index is -0.0189. The van der Waals surface area contributed by atoms with Gasteiger partial charge in [0, 0.05) is 36.2 Å². The number of likely N-dealkylation sites (N-methyl/N-ethyl adjacent to an activating group) is 1. The van der Waals surface area contributed by atoms with Crippen LogP contribution in [0, 0.1) is 0 Å². The normalized spacial score (nSPS) is 11.4. The lowest BCUT2D eigenvalue weighted by Crippen LogP contribution is -2.36. The van der Waals surface area contributed by atoms with Crippen LogP contribution in [0.3, 0.4) is 0 Å². The van der Waals surface area contributed by atoms with Crippen LogP contribution < -0.4 is 5.32 Å². The predicted molar refractivity (Wildman–Crippen MR) is 78.4 cm³/mol. The fourth-order valence-electron chi connectivity index (χ4n) is 1.96. The Morgan fingerprint density at radius 3 is 2.84 bits per heavy atom. The summed E-state index contributed by atoms with van der Waals surface area (Å²) in [5.74, 6) is -0.0189. The molecule has 0 saturated carbocycles. The molecule has 4 heteroatoms. The summed E-state index contributed by atoms with van der Waals surface area (Å²) in [7, 11) is 2.06. The maximum absolute atomic E-state index is 12.1. The number of benzene rings is 1. The lowest BCUT2D eigenvalue weighted by molar-refractivity contribution is 0.0949. The summed E-state index contributed by atoms with van der Waals surface area (Å²) in [6.45, 7) is 5.79. The van der Waals surface area contributed by atoms with Crippen LogP contribution in [0.5, 0.6) is 0 Å². The van der Waals surface area contributed by atoms with Crippen LogP contribution in [0.4, 0.5) is 0 Å². The van der Waals surface area contributed by atoms with Crippen LogP contribution >= 0.6 is 0 Å². The number of hydrogen-bond donors (Lipinski definition) is 2. The van der Waals surface area contributed by atoms with Gasteiger partial charge in [-0.1, -0.05) is 18.2 Å². The maximum atomic E-state index is 12.1. The number of fused-ring (bicyclic) bond motifs is 1.